The van der Waals surface area contributed by atoms with Gasteiger partial charge in [0.2, 0.25) is 0 Å². The standard InChI is InChI=1S/C13H18N4O/c14-11-1-2-12-13(9-11)17(10-15-12)4-3-16-5-7-18-8-6-16/h1-2,9-10H,3-8,14H2. The summed E-state index contributed by atoms with van der Waals surface area (Å²) in [5.41, 5.74) is 8.73. The van der Waals surface area contributed by atoms with Gasteiger partial charge in [0.1, 0.15) is 0 Å². The Morgan fingerprint density at radius 2 is 2.06 bits per heavy atom. The first kappa shape index (κ1) is 11.5. The number of rotatable bonds is 3. The van der Waals surface area contributed by atoms with Crippen LogP contribution < -0.4 is 5.73 Å². The average Bonchev–Trinajstić information content (AvgIpc) is 2.80. The molecule has 1 aliphatic rings. The molecule has 0 atom stereocenters. The molecule has 0 bridgehead atoms. The molecule has 5 heteroatoms. The van der Waals surface area contributed by atoms with Crippen LogP contribution in [0, 0.1) is 0 Å². The first-order chi connectivity index (χ1) is 8.83. The zero-order valence-electron chi connectivity index (χ0n) is 10.4. The fraction of sp³-hybridized carbons (Fsp3) is 0.462. The summed E-state index contributed by atoms with van der Waals surface area (Å²) in [4.78, 5) is 6.81. The second-order valence-corrected chi connectivity index (χ2v) is 4.64. The second-order valence-electron chi connectivity index (χ2n) is 4.64. The minimum atomic E-state index is 0.788. The lowest BCUT2D eigenvalue weighted by Gasteiger charge is -2.26. The van der Waals surface area contributed by atoms with Gasteiger partial charge in [-0.2, -0.15) is 0 Å². The number of hydrogen-bond donors (Lipinski definition) is 1. The molecule has 0 radical (unpaired) electrons. The Balaban J connectivity index is 1.72. The molecule has 0 unspecified atom stereocenters. The van der Waals surface area contributed by atoms with E-state index in [1.807, 2.05) is 24.5 Å². The van der Waals surface area contributed by atoms with E-state index in [1.54, 1.807) is 0 Å². The molecule has 0 amide bonds. The fourth-order valence-electron chi connectivity index (χ4n) is 2.33. The predicted molar refractivity (Wildman–Crippen MR) is 71.4 cm³/mol. The highest BCUT2D eigenvalue weighted by Gasteiger charge is 2.10. The molecule has 5 nitrogen and oxygen atoms in total. The van der Waals surface area contributed by atoms with Gasteiger partial charge in [-0.1, -0.05) is 0 Å². The number of nitrogens with zero attached hydrogens (tertiary/aromatic N) is 3. The summed E-state index contributed by atoms with van der Waals surface area (Å²) in [5.74, 6) is 0. The van der Waals surface area contributed by atoms with Gasteiger partial charge in [-0.3, -0.25) is 4.90 Å². The van der Waals surface area contributed by atoms with E-state index in [-0.39, 0.29) is 0 Å². The Morgan fingerprint density at radius 3 is 2.89 bits per heavy atom. The number of aromatic nitrogens is 2. The largest absolute Gasteiger partial charge is 0.399 e. The maximum absolute atomic E-state index is 5.82. The molecule has 2 aromatic rings. The number of hydrogen-bond acceptors (Lipinski definition) is 4. The van der Waals surface area contributed by atoms with Crippen molar-refractivity contribution in [2.45, 2.75) is 6.54 Å². The lowest BCUT2D eigenvalue weighted by Crippen LogP contribution is -2.38. The molecule has 96 valence electrons. The van der Waals surface area contributed by atoms with Crippen LogP contribution in [0.5, 0.6) is 0 Å². The van der Waals surface area contributed by atoms with Crippen LogP contribution in [0.2, 0.25) is 0 Å². The lowest BCUT2D eigenvalue weighted by atomic mass is 10.3. The van der Waals surface area contributed by atoms with Crippen molar-refractivity contribution in [2.75, 3.05) is 38.6 Å². The van der Waals surface area contributed by atoms with Crippen molar-refractivity contribution in [3.8, 4) is 0 Å². The van der Waals surface area contributed by atoms with Gasteiger partial charge in [0.25, 0.3) is 0 Å². The summed E-state index contributed by atoms with van der Waals surface area (Å²) in [6, 6.07) is 5.85. The van der Waals surface area contributed by atoms with Crippen molar-refractivity contribution in [2.24, 2.45) is 0 Å². The summed E-state index contributed by atoms with van der Waals surface area (Å²) in [7, 11) is 0. The Labute approximate surface area is 106 Å². The van der Waals surface area contributed by atoms with Crippen LogP contribution in [-0.2, 0) is 11.3 Å². The third kappa shape index (κ3) is 2.32. The molecular weight excluding hydrogens is 228 g/mol. The molecule has 0 spiro atoms. The van der Waals surface area contributed by atoms with Crippen LogP contribution in [0.15, 0.2) is 24.5 Å². The molecule has 0 saturated carbocycles. The molecule has 3 rings (SSSR count). The predicted octanol–water partition coefficient (Wildman–Crippen LogP) is 0.951. The van der Waals surface area contributed by atoms with E-state index in [9.17, 15) is 0 Å². The van der Waals surface area contributed by atoms with Crippen LogP contribution in [0.25, 0.3) is 11.0 Å². The van der Waals surface area contributed by atoms with Gasteiger partial charge in [-0.25, -0.2) is 4.98 Å². The molecule has 2 heterocycles. The maximum atomic E-state index is 5.82. The Kier molecular flexibility index (Phi) is 3.17. The molecule has 1 aromatic carbocycles. The molecular formula is C13H18N4O. The molecule has 1 aromatic heterocycles. The van der Waals surface area contributed by atoms with Gasteiger partial charge in [-0.05, 0) is 18.2 Å². The topological polar surface area (TPSA) is 56.3 Å². The maximum Gasteiger partial charge on any atom is 0.0958 e. The summed E-state index contributed by atoms with van der Waals surface area (Å²) >= 11 is 0. The van der Waals surface area contributed by atoms with Gasteiger partial charge < -0.3 is 15.0 Å². The third-order valence-corrected chi connectivity index (χ3v) is 3.41. The van der Waals surface area contributed by atoms with Gasteiger partial charge in [-0.15, -0.1) is 0 Å². The van der Waals surface area contributed by atoms with E-state index in [2.05, 4.69) is 14.5 Å². The summed E-state index contributed by atoms with van der Waals surface area (Å²) in [5, 5.41) is 0. The highest BCUT2D eigenvalue weighted by molar-refractivity contribution is 5.78. The van der Waals surface area contributed by atoms with E-state index in [0.29, 0.717) is 0 Å². The summed E-state index contributed by atoms with van der Waals surface area (Å²) in [6.07, 6.45) is 1.89. The van der Waals surface area contributed by atoms with E-state index in [4.69, 9.17) is 10.5 Å². The van der Waals surface area contributed by atoms with Gasteiger partial charge in [0.05, 0.1) is 30.6 Å². The summed E-state index contributed by atoms with van der Waals surface area (Å²) < 4.78 is 7.51. The monoisotopic (exact) mass is 246 g/mol. The molecule has 2 N–H and O–H groups in total. The van der Waals surface area contributed by atoms with Gasteiger partial charge in [0.15, 0.2) is 0 Å². The van der Waals surface area contributed by atoms with Crippen LogP contribution in [0.4, 0.5) is 5.69 Å². The highest BCUT2D eigenvalue weighted by atomic mass is 16.5. The Bertz CT molecular complexity index is 531. The minimum Gasteiger partial charge on any atom is -0.399 e. The molecule has 18 heavy (non-hydrogen) atoms. The molecule has 1 fully saturated rings. The van der Waals surface area contributed by atoms with E-state index < -0.39 is 0 Å². The number of ether oxygens (including phenoxy) is 1. The van der Waals surface area contributed by atoms with Crippen LogP contribution in [-0.4, -0.2) is 47.3 Å². The van der Waals surface area contributed by atoms with E-state index in [1.165, 1.54) is 0 Å². The van der Waals surface area contributed by atoms with Gasteiger partial charge >= 0.3 is 0 Å². The molecule has 1 saturated heterocycles. The summed E-state index contributed by atoms with van der Waals surface area (Å²) in [6.45, 7) is 5.71. The van der Waals surface area contributed by atoms with Crippen molar-refractivity contribution in [1.82, 2.24) is 14.5 Å². The number of benzene rings is 1. The van der Waals surface area contributed by atoms with Gasteiger partial charge in [0, 0.05) is 31.9 Å². The average molecular weight is 246 g/mol. The van der Waals surface area contributed by atoms with Crippen LogP contribution in [0.1, 0.15) is 0 Å². The molecule has 0 aliphatic carbocycles. The van der Waals surface area contributed by atoms with Crippen molar-refractivity contribution >= 4 is 16.7 Å². The number of nitrogens with two attached hydrogens (primary N) is 1. The van der Waals surface area contributed by atoms with Crippen molar-refractivity contribution in [3.05, 3.63) is 24.5 Å². The van der Waals surface area contributed by atoms with E-state index in [0.717, 1.165) is 56.1 Å². The fourth-order valence-corrected chi connectivity index (χ4v) is 2.33. The minimum absolute atomic E-state index is 0.788. The number of anilines is 1. The number of fused-ring (bicyclic) bond motifs is 1. The molecule has 1 aliphatic heterocycles. The smallest absolute Gasteiger partial charge is 0.0958 e. The first-order valence-electron chi connectivity index (χ1n) is 6.33. The van der Waals surface area contributed by atoms with Crippen molar-refractivity contribution in [1.29, 1.82) is 0 Å². The zero-order chi connectivity index (χ0) is 12.4. The van der Waals surface area contributed by atoms with Crippen LogP contribution in [0.3, 0.4) is 0 Å². The van der Waals surface area contributed by atoms with Crippen LogP contribution >= 0.6 is 0 Å². The Hall–Kier alpha value is -1.59. The number of morpholine rings is 1. The van der Waals surface area contributed by atoms with E-state index >= 15 is 0 Å². The SMILES string of the molecule is Nc1ccc2ncn(CCN3CCOCC3)c2c1. The quantitative estimate of drug-likeness (QED) is 0.819. The normalized spacial score (nSPS) is 17.3. The zero-order valence-corrected chi connectivity index (χ0v) is 10.4. The van der Waals surface area contributed by atoms with Crippen molar-refractivity contribution in [3.63, 3.8) is 0 Å². The number of imidazole rings is 1. The van der Waals surface area contributed by atoms with Crippen molar-refractivity contribution < 1.29 is 4.74 Å². The second kappa shape index (κ2) is 4.96. The first-order valence-corrected chi connectivity index (χ1v) is 6.33. The number of nitrogen functional groups attached to an aromatic ring is 1. The highest BCUT2D eigenvalue weighted by Crippen LogP contribution is 2.16. The third-order valence-electron chi connectivity index (χ3n) is 3.41. The lowest BCUT2D eigenvalue weighted by molar-refractivity contribution is 0.0365. The Morgan fingerprint density at radius 1 is 1.22 bits per heavy atom.